The Balaban J connectivity index is 1.91. The monoisotopic (exact) mass is 294 g/mol. The summed E-state index contributed by atoms with van der Waals surface area (Å²) in [7, 11) is -3.52. The summed E-state index contributed by atoms with van der Waals surface area (Å²) < 4.78 is 28.2. The topological polar surface area (TPSA) is 72.2 Å². The Kier molecular flexibility index (Phi) is 3.29. The number of rotatable bonds is 3. The summed E-state index contributed by atoms with van der Waals surface area (Å²) in [6, 6.07) is 3.64. The Labute approximate surface area is 120 Å². The fourth-order valence-corrected chi connectivity index (χ4v) is 5.56. The zero-order valence-electron chi connectivity index (χ0n) is 12.0. The number of aryl methyl sites for hydroxylation is 1. The molecule has 1 aromatic rings. The van der Waals surface area contributed by atoms with Crippen molar-refractivity contribution < 1.29 is 8.42 Å². The van der Waals surface area contributed by atoms with Crippen molar-refractivity contribution in [2.45, 2.75) is 50.5 Å². The highest BCUT2D eigenvalue weighted by Crippen LogP contribution is 2.45. The summed E-state index contributed by atoms with van der Waals surface area (Å²) in [5.74, 6) is 1.23. The lowest BCUT2D eigenvalue weighted by molar-refractivity contribution is 0.390. The quantitative estimate of drug-likeness (QED) is 0.841. The van der Waals surface area contributed by atoms with Gasteiger partial charge in [0.25, 0.3) is 0 Å². The largest absolute Gasteiger partial charge is 0.398 e. The fourth-order valence-electron chi connectivity index (χ4n) is 3.82. The second-order valence-corrected chi connectivity index (χ2v) is 7.98. The van der Waals surface area contributed by atoms with E-state index in [1.165, 1.54) is 12.8 Å². The summed E-state index contributed by atoms with van der Waals surface area (Å²) in [6.45, 7) is 3.73. The van der Waals surface area contributed by atoms with Crippen LogP contribution >= 0.6 is 0 Å². The molecule has 2 aliphatic rings. The first-order valence-electron chi connectivity index (χ1n) is 7.26. The Morgan fingerprint density at radius 3 is 2.55 bits per heavy atom. The number of nitrogen functional groups attached to an aromatic ring is 1. The van der Waals surface area contributed by atoms with Gasteiger partial charge in [0.15, 0.2) is 0 Å². The molecule has 110 valence electrons. The second kappa shape index (κ2) is 4.74. The summed E-state index contributed by atoms with van der Waals surface area (Å²) in [5, 5.41) is 0. The van der Waals surface area contributed by atoms with Crippen LogP contribution < -0.4 is 10.5 Å². The Morgan fingerprint density at radius 1 is 1.20 bits per heavy atom. The number of hydrogen-bond donors (Lipinski definition) is 2. The van der Waals surface area contributed by atoms with E-state index in [4.69, 9.17) is 5.73 Å². The molecular formula is C15H22N2O2S. The Hall–Kier alpha value is -1.07. The molecule has 0 aromatic heterocycles. The molecule has 4 nitrogen and oxygen atoms in total. The molecule has 0 saturated heterocycles. The predicted octanol–water partition coefficient (Wildman–Crippen LogP) is 2.35. The van der Waals surface area contributed by atoms with Crippen molar-refractivity contribution >= 4 is 15.7 Å². The van der Waals surface area contributed by atoms with Crippen molar-refractivity contribution in [1.82, 2.24) is 4.72 Å². The van der Waals surface area contributed by atoms with E-state index >= 15 is 0 Å². The van der Waals surface area contributed by atoms with Crippen LogP contribution in [0.25, 0.3) is 0 Å². The van der Waals surface area contributed by atoms with Crippen LogP contribution in [-0.4, -0.2) is 14.5 Å². The van der Waals surface area contributed by atoms with Crippen molar-refractivity contribution in [3.05, 3.63) is 23.3 Å². The van der Waals surface area contributed by atoms with E-state index in [2.05, 4.69) is 4.72 Å². The first-order valence-corrected chi connectivity index (χ1v) is 8.75. The van der Waals surface area contributed by atoms with E-state index in [0.717, 1.165) is 24.0 Å². The standard InChI is InChI=1S/C15H22N2O2S/c1-9-3-6-13(16)15(10(9)2)20(18,19)17-14-8-11-4-5-12(14)7-11/h3,6,11-12,14,17H,4-5,7-8,16H2,1-2H3. The lowest BCUT2D eigenvalue weighted by atomic mass is 9.96. The number of anilines is 1. The molecule has 5 heteroatoms. The van der Waals surface area contributed by atoms with Gasteiger partial charge in [0.1, 0.15) is 4.90 Å². The molecule has 0 amide bonds. The van der Waals surface area contributed by atoms with Gasteiger partial charge in [-0.1, -0.05) is 12.5 Å². The number of nitrogens with two attached hydrogens (primary N) is 1. The molecule has 0 spiro atoms. The highest BCUT2D eigenvalue weighted by molar-refractivity contribution is 7.89. The molecule has 3 rings (SSSR count). The van der Waals surface area contributed by atoms with Crippen LogP contribution in [-0.2, 0) is 10.0 Å². The normalized spacial score (nSPS) is 29.0. The maximum absolute atomic E-state index is 12.7. The minimum Gasteiger partial charge on any atom is -0.398 e. The third kappa shape index (κ3) is 2.23. The molecule has 0 heterocycles. The Bertz CT molecular complexity index is 640. The van der Waals surface area contributed by atoms with E-state index in [-0.39, 0.29) is 10.9 Å². The lowest BCUT2D eigenvalue weighted by Crippen LogP contribution is -2.39. The van der Waals surface area contributed by atoms with Gasteiger partial charge >= 0.3 is 0 Å². The summed E-state index contributed by atoms with van der Waals surface area (Å²) >= 11 is 0. The summed E-state index contributed by atoms with van der Waals surface area (Å²) in [4.78, 5) is 0.264. The maximum Gasteiger partial charge on any atom is 0.243 e. The van der Waals surface area contributed by atoms with Crippen LogP contribution in [0, 0.1) is 25.7 Å². The van der Waals surface area contributed by atoms with Crippen molar-refractivity contribution in [2.75, 3.05) is 5.73 Å². The minimum atomic E-state index is -3.52. The molecule has 1 aromatic carbocycles. The zero-order chi connectivity index (χ0) is 14.5. The minimum absolute atomic E-state index is 0.0954. The average molecular weight is 294 g/mol. The van der Waals surface area contributed by atoms with Crippen molar-refractivity contribution in [2.24, 2.45) is 11.8 Å². The summed E-state index contributed by atoms with van der Waals surface area (Å²) in [5.41, 5.74) is 7.95. The van der Waals surface area contributed by atoms with E-state index in [1.54, 1.807) is 6.07 Å². The predicted molar refractivity (Wildman–Crippen MR) is 79.9 cm³/mol. The van der Waals surface area contributed by atoms with Gasteiger partial charge in [-0.2, -0.15) is 0 Å². The molecule has 2 aliphatic carbocycles. The zero-order valence-corrected chi connectivity index (χ0v) is 12.8. The van der Waals surface area contributed by atoms with Crippen molar-refractivity contribution in [3.63, 3.8) is 0 Å². The van der Waals surface area contributed by atoms with Crippen LogP contribution in [0.15, 0.2) is 17.0 Å². The fraction of sp³-hybridized carbons (Fsp3) is 0.600. The number of nitrogens with one attached hydrogen (secondary N) is 1. The molecule has 3 unspecified atom stereocenters. The van der Waals surface area contributed by atoms with Gasteiger partial charge in [0.2, 0.25) is 10.0 Å². The lowest BCUT2D eigenvalue weighted by Gasteiger charge is -2.24. The molecule has 3 N–H and O–H groups in total. The highest BCUT2D eigenvalue weighted by Gasteiger charge is 2.41. The Morgan fingerprint density at radius 2 is 1.95 bits per heavy atom. The van der Waals surface area contributed by atoms with Crippen molar-refractivity contribution in [3.8, 4) is 0 Å². The van der Waals surface area contributed by atoms with Gasteiger partial charge in [-0.25, -0.2) is 13.1 Å². The number of benzene rings is 1. The molecular weight excluding hydrogens is 272 g/mol. The van der Waals surface area contributed by atoms with Gasteiger partial charge in [-0.3, -0.25) is 0 Å². The van der Waals surface area contributed by atoms with Gasteiger partial charge in [-0.15, -0.1) is 0 Å². The first kappa shape index (κ1) is 13.9. The first-order chi connectivity index (χ1) is 9.38. The van der Waals surface area contributed by atoms with Gasteiger partial charge in [-0.05, 0) is 62.1 Å². The summed E-state index contributed by atoms with van der Waals surface area (Å²) in [6.07, 6.45) is 4.57. The molecule has 2 saturated carbocycles. The van der Waals surface area contributed by atoms with Gasteiger partial charge in [0.05, 0.1) is 5.69 Å². The van der Waals surface area contributed by atoms with Gasteiger partial charge < -0.3 is 5.73 Å². The molecule has 2 fully saturated rings. The third-order valence-electron chi connectivity index (χ3n) is 5.02. The molecule has 0 radical (unpaired) electrons. The van der Waals surface area contributed by atoms with Gasteiger partial charge in [0, 0.05) is 6.04 Å². The SMILES string of the molecule is Cc1ccc(N)c(S(=O)(=O)NC2CC3CCC2C3)c1C. The van der Waals surface area contributed by atoms with Crippen LogP contribution in [0.1, 0.15) is 36.8 Å². The van der Waals surface area contributed by atoms with Crippen LogP contribution in [0.4, 0.5) is 5.69 Å². The van der Waals surface area contributed by atoms with Crippen LogP contribution in [0.2, 0.25) is 0 Å². The number of sulfonamides is 1. The van der Waals surface area contributed by atoms with Crippen LogP contribution in [0.5, 0.6) is 0 Å². The van der Waals surface area contributed by atoms with Crippen molar-refractivity contribution in [1.29, 1.82) is 0 Å². The average Bonchev–Trinajstić information content (AvgIpc) is 2.95. The smallest absolute Gasteiger partial charge is 0.243 e. The molecule has 2 bridgehead atoms. The molecule has 20 heavy (non-hydrogen) atoms. The highest BCUT2D eigenvalue weighted by atomic mass is 32.2. The second-order valence-electron chi connectivity index (χ2n) is 6.33. The maximum atomic E-state index is 12.7. The number of hydrogen-bond acceptors (Lipinski definition) is 3. The van der Waals surface area contributed by atoms with E-state index in [1.807, 2.05) is 19.9 Å². The van der Waals surface area contributed by atoms with E-state index in [0.29, 0.717) is 17.5 Å². The number of fused-ring (bicyclic) bond motifs is 2. The molecule has 0 aliphatic heterocycles. The van der Waals surface area contributed by atoms with Crippen LogP contribution in [0.3, 0.4) is 0 Å². The van der Waals surface area contributed by atoms with E-state index in [9.17, 15) is 8.42 Å². The molecule has 3 atom stereocenters. The third-order valence-corrected chi connectivity index (χ3v) is 6.71. The van der Waals surface area contributed by atoms with E-state index < -0.39 is 10.0 Å².